The molecule has 0 aliphatic carbocycles. The van der Waals surface area contributed by atoms with Gasteiger partial charge in [0.2, 0.25) is 0 Å². The maximum absolute atomic E-state index is 13.0. The number of hydrogen-bond donors (Lipinski definition) is 0. The Morgan fingerprint density at radius 3 is 2.67 bits per heavy atom. The van der Waals surface area contributed by atoms with Crippen molar-refractivity contribution in [1.29, 1.82) is 0 Å². The number of aryl methyl sites for hydroxylation is 1. The second-order valence-corrected chi connectivity index (χ2v) is 4.62. The summed E-state index contributed by atoms with van der Waals surface area (Å²) in [4.78, 5) is 23.0. The van der Waals surface area contributed by atoms with E-state index < -0.39 is 17.3 Å². The van der Waals surface area contributed by atoms with Crippen LogP contribution >= 0.6 is 0 Å². The van der Waals surface area contributed by atoms with Crippen molar-refractivity contribution in [2.45, 2.75) is 19.4 Å². The molecule has 0 N–H and O–H groups in total. The molecule has 0 atom stereocenters. The first-order valence-corrected chi connectivity index (χ1v) is 6.71. The fourth-order valence-corrected chi connectivity index (χ4v) is 1.92. The Labute approximate surface area is 121 Å². The lowest BCUT2D eigenvalue weighted by Crippen LogP contribution is -2.24. The number of halogens is 1. The van der Waals surface area contributed by atoms with Crippen molar-refractivity contribution >= 4 is 5.97 Å². The summed E-state index contributed by atoms with van der Waals surface area (Å²) < 4.78 is 19.0. The van der Waals surface area contributed by atoms with Gasteiger partial charge in [-0.15, -0.1) is 0 Å². The van der Waals surface area contributed by atoms with Crippen molar-refractivity contribution in [3.05, 3.63) is 70.4 Å². The van der Waals surface area contributed by atoms with Crippen LogP contribution in [0.5, 0.6) is 0 Å². The third kappa shape index (κ3) is 4.87. The van der Waals surface area contributed by atoms with E-state index >= 15 is 0 Å². The highest BCUT2D eigenvalue weighted by atomic mass is 19.1. The molecule has 1 aromatic heterocycles. The molecular weight excluding hydrogens is 273 g/mol. The van der Waals surface area contributed by atoms with Gasteiger partial charge in [0.05, 0.1) is 6.61 Å². The van der Waals surface area contributed by atoms with Gasteiger partial charge in [0.25, 0.3) is 5.56 Å². The van der Waals surface area contributed by atoms with E-state index in [0.29, 0.717) is 6.42 Å². The molecule has 110 valence electrons. The topological polar surface area (TPSA) is 48.3 Å². The first kappa shape index (κ1) is 15.0. The van der Waals surface area contributed by atoms with Crippen molar-refractivity contribution in [3.63, 3.8) is 0 Å². The zero-order chi connectivity index (χ0) is 15.1. The highest BCUT2D eigenvalue weighted by molar-refractivity contribution is 5.69. The summed E-state index contributed by atoms with van der Waals surface area (Å²) in [6.45, 7) is -0.000274. The standard InChI is InChI=1S/C16H16FNO3/c17-14-8-9-15(19)18(11-14)12-16(20)21-10-4-7-13-5-2-1-3-6-13/h1-3,5-6,8-9,11H,4,7,10,12H2. The molecule has 0 aliphatic heterocycles. The van der Waals surface area contributed by atoms with E-state index in [2.05, 4.69) is 0 Å². The number of esters is 1. The van der Waals surface area contributed by atoms with E-state index in [1.54, 1.807) is 0 Å². The number of nitrogens with zero attached hydrogens (tertiary/aromatic N) is 1. The molecule has 5 heteroatoms. The average Bonchev–Trinajstić information content (AvgIpc) is 2.48. The SMILES string of the molecule is O=C(Cn1cc(F)ccc1=O)OCCCc1ccccc1. The maximum Gasteiger partial charge on any atom is 0.326 e. The van der Waals surface area contributed by atoms with Crippen molar-refractivity contribution in [2.75, 3.05) is 6.61 Å². The monoisotopic (exact) mass is 289 g/mol. The maximum atomic E-state index is 13.0. The molecule has 0 saturated carbocycles. The number of hydrogen-bond acceptors (Lipinski definition) is 3. The van der Waals surface area contributed by atoms with E-state index in [9.17, 15) is 14.0 Å². The summed E-state index contributed by atoms with van der Waals surface area (Å²) in [7, 11) is 0. The lowest BCUT2D eigenvalue weighted by Gasteiger charge is -2.07. The van der Waals surface area contributed by atoms with Crippen LogP contribution in [0, 0.1) is 5.82 Å². The molecule has 0 amide bonds. The molecule has 0 bridgehead atoms. The summed E-state index contributed by atoms with van der Waals surface area (Å²) in [5.74, 6) is -1.11. The number of rotatable bonds is 6. The highest BCUT2D eigenvalue weighted by Crippen LogP contribution is 2.02. The van der Waals surface area contributed by atoms with Crippen LogP contribution in [-0.4, -0.2) is 17.1 Å². The van der Waals surface area contributed by atoms with Crippen LogP contribution < -0.4 is 5.56 Å². The van der Waals surface area contributed by atoms with Crippen molar-refractivity contribution < 1.29 is 13.9 Å². The fraction of sp³-hybridized carbons (Fsp3) is 0.250. The van der Waals surface area contributed by atoms with Crippen molar-refractivity contribution in [1.82, 2.24) is 4.57 Å². The molecule has 0 fully saturated rings. The Kier molecular flexibility index (Phi) is 5.26. The third-order valence-electron chi connectivity index (χ3n) is 2.96. The van der Waals surface area contributed by atoms with Gasteiger partial charge in [-0.1, -0.05) is 30.3 Å². The number of carbonyl (C=O) groups excluding carboxylic acids is 1. The molecule has 1 aromatic carbocycles. The van der Waals surface area contributed by atoms with Gasteiger partial charge in [0.15, 0.2) is 0 Å². The number of aromatic nitrogens is 1. The Balaban J connectivity index is 1.75. The van der Waals surface area contributed by atoms with Crippen LogP contribution in [0.1, 0.15) is 12.0 Å². The number of benzene rings is 1. The molecular formula is C16H16FNO3. The zero-order valence-corrected chi connectivity index (χ0v) is 11.5. The molecule has 21 heavy (non-hydrogen) atoms. The Morgan fingerprint density at radius 2 is 1.90 bits per heavy atom. The molecule has 4 nitrogen and oxygen atoms in total. The minimum Gasteiger partial charge on any atom is -0.464 e. The summed E-state index contributed by atoms with van der Waals surface area (Å²) in [6, 6.07) is 12.0. The molecule has 0 aliphatic rings. The Bertz CT molecular complexity index is 652. The smallest absolute Gasteiger partial charge is 0.326 e. The fourth-order valence-electron chi connectivity index (χ4n) is 1.92. The van der Waals surface area contributed by atoms with Crippen molar-refractivity contribution in [2.24, 2.45) is 0 Å². The Morgan fingerprint density at radius 1 is 1.14 bits per heavy atom. The molecule has 0 radical (unpaired) electrons. The van der Waals surface area contributed by atoms with Crippen LogP contribution in [0.4, 0.5) is 4.39 Å². The minimum atomic E-state index is -0.563. The molecule has 0 spiro atoms. The van der Waals surface area contributed by atoms with E-state index in [4.69, 9.17) is 4.74 Å². The quantitative estimate of drug-likeness (QED) is 0.605. The molecule has 0 saturated heterocycles. The normalized spacial score (nSPS) is 10.3. The van der Waals surface area contributed by atoms with Crippen LogP contribution in [0.3, 0.4) is 0 Å². The van der Waals surface area contributed by atoms with Crippen LogP contribution in [0.25, 0.3) is 0 Å². The van der Waals surface area contributed by atoms with E-state index in [-0.39, 0.29) is 13.2 Å². The van der Waals surface area contributed by atoms with E-state index in [1.165, 1.54) is 5.56 Å². The van der Waals surface area contributed by atoms with Gasteiger partial charge in [-0.3, -0.25) is 9.59 Å². The van der Waals surface area contributed by atoms with Gasteiger partial charge >= 0.3 is 5.97 Å². The molecule has 0 unspecified atom stereocenters. The first-order chi connectivity index (χ1) is 10.1. The largest absolute Gasteiger partial charge is 0.464 e. The number of pyridine rings is 1. The lowest BCUT2D eigenvalue weighted by atomic mass is 10.1. The summed E-state index contributed by atoms with van der Waals surface area (Å²) in [5.41, 5.74) is 0.743. The average molecular weight is 289 g/mol. The summed E-state index contributed by atoms with van der Waals surface area (Å²) in [6.07, 6.45) is 2.51. The highest BCUT2D eigenvalue weighted by Gasteiger charge is 2.06. The second-order valence-electron chi connectivity index (χ2n) is 4.62. The molecule has 2 aromatic rings. The molecule has 2 rings (SSSR count). The van der Waals surface area contributed by atoms with Gasteiger partial charge in [-0.25, -0.2) is 4.39 Å². The van der Waals surface area contributed by atoms with Gasteiger partial charge in [-0.2, -0.15) is 0 Å². The minimum absolute atomic E-state index is 0.276. The second kappa shape index (κ2) is 7.38. The predicted molar refractivity (Wildman–Crippen MR) is 76.4 cm³/mol. The van der Waals surface area contributed by atoms with Crippen molar-refractivity contribution in [3.8, 4) is 0 Å². The third-order valence-corrected chi connectivity index (χ3v) is 2.96. The van der Waals surface area contributed by atoms with Gasteiger partial charge in [-0.05, 0) is 24.5 Å². The van der Waals surface area contributed by atoms with Gasteiger partial charge in [0.1, 0.15) is 12.4 Å². The lowest BCUT2D eigenvalue weighted by molar-refractivity contribution is -0.144. The first-order valence-electron chi connectivity index (χ1n) is 6.71. The zero-order valence-electron chi connectivity index (χ0n) is 11.5. The summed E-state index contributed by atoms with van der Waals surface area (Å²) in [5, 5.41) is 0. The van der Waals surface area contributed by atoms with E-state index in [1.807, 2.05) is 30.3 Å². The van der Waals surface area contributed by atoms with Crippen LogP contribution in [0.2, 0.25) is 0 Å². The van der Waals surface area contributed by atoms with E-state index in [0.717, 1.165) is 29.3 Å². The van der Waals surface area contributed by atoms with Gasteiger partial charge in [0, 0.05) is 12.3 Å². The van der Waals surface area contributed by atoms with Crippen LogP contribution in [0.15, 0.2) is 53.5 Å². The number of carbonyl (C=O) groups is 1. The van der Waals surface area contributed by atoms with Gasteiger partial charge < -0.3 is 9.30 Å². The summed E-state index contributed by atoms with van der Waals surface area (Å²) >= 11 is 0. The Hall–Kier alpha value is -2.43. The van der Waals surface area contributed by atoms with Crippen LogP contribution in [-0.2, 0) is 22.5 Å². The predicted octanol–water partition coefficient (Wildman–Crippen LogP) is 2.16. The number of ether oxygens (including phenoxy) is 1. The molecule has 1 heterocycles.